The molecule has 0 atom stereocenters. The predicted octanol–water partition coefficient (Wildman–Crippen LogP) is 15.0. The first-order valence-corrected chi connectivity index (χ1v) is 19.3. The van der Waals surface area contributed by atoms with Gasteiger partial charge in [-0.15, -0.1) is 0 Å². The van der Waals surface area contributed by atoms with Gasteiger partial charge in [-0.1, -0.05) is 158 Å². The van der Waals surface area contributed by atoms with Crippen molar-refractivity contribution in [3.8, 4) is 27.9 Å². The molecule has 0 aliphatic rings. The molecule has 0 saturated heterocycles. The zero-order valence-electron chi connectivity index (χ0n) is 30.7. The van der Waals surface area contributed by atoms with Crippen LogP contribution in [0.15, 0.2) is 218 Å². The Bertz CT molecular complexity index is 3220. The van der Waals surface area contributed by atoms with Crippen LogP contribution in [-0.2, 0) is 0 Å². The Kier molecular flexibility index (Phi) is 7.53. The maximum absolute atomic E-state index is 2.42. The van der Waals surface area contributed by atoms with Crippen molar-refractivity contribution < 1.29 is 0 Å². The lowest BCUT2D eigenvalue weighted by molar-refractivity contribution is 1.19. The number of para-hydroxylation sites is 1. The fourth-order valence-electron chi connectivity index (χ4n) is 8.66. The van der Waals surface area contributed by atoms with Gasteiger partial charge in [0.15, 0.2) is 0 Å². The second-order valence-corrected chi connectivity index (χ2v) is 14.6. The molecule has 0 unspecified atom stereocenters. The number of hydrogen-bond acceptors (Lipinski definition) is 1. The number of hydrogen-bond donors (Lipinski definition) is 0. The molecule has 1 heterocycles. The third-order valence-corrected chi connectivity index (χ3v) is 11.3. The van der Waals surface area contributed by atoms with Gasteiger partial charge >= 0.3 is 0 Å². The van der Waals surface area contributed by atoms with Crippen LogP contribution >= 0.6 is 0 Å². The summed E-state index contributed by atoms with van der Waals surface area (Å²) in [6.45, 7) is 0. The summed E-state index contributed by atoms with van der Waals surface area (Å²) < 4.78 is 2.42. The Balaban J connectivity index is 1.02. The molecule has 2 heteroatoms. The molecule has 0 bridgehead atoms. The van der Waals surface area contributed by atoms with E-state index in [4.69, 9.17) is 0 Å². The van der Waals surface area contributed by atoms with Gasteiger partial charge in [0.25, 0.3) is 0 Å². The van der Waals surface area contributed by atoms with Crippen LogP contribution in [0.1, 0.15) is 0 Å². The minimum atomic E-state index is 1.11. The second-order valence-electron chi connectivity index (χ2n) is 14.6. The third-order valence-electron chi connectivity index (χ3n) is 11.3. The summed E-state index contributed by atoms with van der Waals surface area (Å²) >= 11 is 0. The molecule has 262 valence electrons. The maximum atomic E-state index is 2.42. The van der Waals surface area contributed by atoms with E-state index in [1.54, 1.807) is 0 Å². The molecule has 2 nitrogen and oxygen atoms in total. The summed E-state index contributed by atoms with van der Waals surface area (Å²) in [7, 11) is 0. The first kappa shape index (κ1) is 32.0. The fraction of sp³-hybridized carbons (Fsp3) is 0. The van der Waals surface area contributed by atoms with Crippen molar-refractivity contribution in [2.75, 3.05) is 4.90 Å². The van der Waals surface area contributed by atoms with Gasteiger partial charge in [-0.3, -0.25) is 0 Å². The molecule has 0 spiro atoms. The smallest absolute Gasteiger partial charge is 0.0547 e. The lowest BCUT2D eigenvalue weighted by atomic mass is 9.98. The Hall–Kier alpha value is -7.42. The molecule has 1 aromatic heterocycles. The Morgan fingerprint density at radius 3 is 1.64 bits per heavy atom. The van der Waals surface area contributed by atoms with E-state index in [-0.39, 0.29) is 0 Å². The van der Waals surface area contributed by atoms with Crippen LogP contribution < -0.4 is 4.90 Å². The molecule has 10 aromatic carbocycles. The standard InChI is InChI=1S/C54H36N2/c1-2-11-37(12-3-1)38-21-28-44(29-22-38)55(45-30-23-41(24-31-45)49-19-10-15-39-13-4-6-16-48(39)49)46-32-25-43-36-47(33-26-42(43)35-46)56-52-20-9-8-18-51(52)54-50-17-7-5-14-40(50)27-34-53(54)56/h1-36H. The van der Waals surface area contributed by atoms with Crippen LogP contribution in [0.4, 0.5) is 17.1 Å². The summed E-state index contributed by atoms with van der Waals surface area (Å²) in [6, 6.07) is 79.4. The number of anilines is 3. The third kappa shape index (κ3) is 5.34. The van der Waals surface area contributed by atoms with Crippen molar-refractivity contribution in [3.05, 3.63) is 218 Å². The molecule has 0 fully saturated rings. The first-order valence-electron chi connectivity index (χ1n) is 19.3. The molecular weight excluding hydrogens is 677 g/mol. The average Bonchev–Trinajstić information content (AvgIpc) is 3.62. The van der Waals surface area contributed by atoms with E-state index >= 15 is 0 Å². The number of fused-ring (bicyclic) bond motifs is 7. The number of rotatable bonds is 6. The highest BCUT2D eigenvalue weighted by molar-refractivity contribution is 6.21. The molecule has 0 amide bonds. The Morgan fingerprint density at radius 2 is 0.857 bits per heavy atom. The summed E-state index contributed by atoms with van der Waals surface area (Å²) in [4.78, 5) is 2.37. The topological polar surface area (TPSA) is 8.17 Å². The minimum absolute atomic E-state index is 1.11. The van der Waals surface area contributed by atoms with Crippen LogP contribution in [0.3, 0.4) is 0 Å². The quantitative estimate of drug-likeness (QED) is 0.167. The van der Waals surface area contributed by atoms with Crippen LogP contribution in [0, 0.1) is 0 Å². The molecule has 11 aromatic rings. The molecule has 11 rings (SSSR count). The van der Waals surface area contributed by atoms with E-state index in [9.17, 15) is 0 Å². The molecule has 0 aliphatic heterocycles. The molecule has 0 N–H and O–H groups in total. The highest BCUT2D eigenvalue weighted by Gasteiger charge is 2.17. The number of nitrogens with zero attached hydrogens (tertiary/aromatic N) is 2. The van der Waals surface area contributed by atoms with Gasteiger partial charge in [0.1, 0.15) is 0 Å². The van der Waals surface area contributed by atoms with Gasteiger partial charge < -0.3 is 9.47 Å². The van der Waals surface area contributed by atoms with E-state index in [0.717, 1.165) is 22.7 Å². The second kappa shape index (κ2) is 13.2. The van der Waals surface area contributed by atoms with Gasteiger partial charge in [0.2, 0.25) is 0 Å². The Morgan fingerprint density at radius 1 is 0.304 bits per heavy atom. The average molecular weight is 713 g/mol. The summed E-state index contributed by atoms with van der Waals surface area (Å²) in [5.41, 5.74) is 11.8. The highest BCUT2D eigenvalue weighted by atomic mass is 15.1. The van der Waals surface area contributed by atoms with Crippen molar-refractivity contribution in [3.63, 3.8) is 0 Å². The van der Waals surface area contributed by atoms with Crippen molar-refractivity contribution in [1.82, 2.24) is 4.57 Å². The zero-order valence-corrected chi connectivity index (χ0v) is 30.7. The van der Waals surface area contributed by atoms with Gasteiger partial charge in [-0.2, -0.15) is 0 Å². The maximum Gasteiger partial charge on any atom is 0.0547 e. The van der Waals surface area contributed by atoms with E-state index < -0.39 is 0 Å². The summed E-state index contributed by atoms with van der Waals surface area (Å²) in [5.74, 6) is 0. The SMILES string of the molecule is c1ccc(-c2ccc(N(c3ccc(-c4cccc5ccccc45)cc3)c3ccc4cc(-n5c6ccccc6c6c7ccccc7ccc65)ccc4c3)cc2)cc1. The summed E-state index contributed by atoms with van der Waals surface area (Å²) in [6.07, 6.45) is 0. The normalized spacial score (nSPS) is 11.6. The van der Waals surface area contributed by atoms with Crippen molar-refractivity contribution in [2.45, 2.75) is 0 Å². The van der Waals surface area contributed by atoms with Gasteiger partial charge in [-0.25, -0.2) is 0 Å². The van der Waals surface area contributed by atoms with Crippen molar-refractivity contribution >= 4 is 71.2 Å². The monoisotopic (exact) mass is 712 g/mol. The highest BCUT2D eigenvalue weighted by Crippen LogP contribution is 2.41. The van der Waals surface area contributed by atoms with Crippen LogP contribution in [-0.4, -0.2) is 4.57 Å². The van der Waals surface area contributed by atoms with E-state index in [1.165, 1.54) is 76.4 Å². The van der Waals surface area contributed by atoms with E-state index in [0.29, 0.717) is 0 Å². The molecule has 0 radical (unpaired) electrons. The van der Waals surface area contributed by atoms with Gasteiger partial charge in [0.05, 0.1) is 11.0 Å². The summed E-state index contributed by atoms with van der Waals surface area (Å²) in [5, 5.41) is 10.0. The van der Waals surface area contributed by atoms with Crippen LogP contribution in [0.5, 0.6) is 0 Å². The first-order chi connectivity index (χ1) is 27.8. The fourth-order valence-corrected chi connectivity index (χ4v) is 8.66. The lowest BCUT2D eigenvalue weighted by Gasteiger charge is -2.26. The van der Waals surface area contributed by atoms with Crippen LogP contribution in [0.2, 0.25) is 0 Å². The van der Waals surface area contributed by atoms with E-state index in [2.05, 4.69) is 228 Å². The van der Waals surface area contributed by atoms with Crippen LogP contribution in [0.25, 0.3) is 82.1 Å². The number of aromatic nitrogens is 1. The van der Waals surface area contributed by atoms with Crippen molar-refractivity contribution in [2.24, 2.45) is 0 Å². The van der Waals surface area contributed by atoms with Gasteiger partial charge in [-0.05, 0) is 115 Å². The Labute approximate surface area is 325 Å². The molecule has 0 aliphatic carbocycles. The molecule has 56 heavy (non-hydrogen) atoms. The minimum Gasteiger partial charge on any atom is -0.310 e. The van der Waals surface area contributed by atoms with Crippen molar-refractivity contribution in [1.29, 1.82) is 0 Å². The largest absolute Gasteiger partial charge is 0.310 e. The molecule has 0 saturated carbocycles. The van der Waals surface area contributed by atoms with E-state index in [1.807, 2.05) is 0 Å². The molecular formula is C54H36N2. The zero-order chi connectivity index (χ0) is 37.0. The lowest BCUT2D eigenvalue weighted by Crippen LogP contribution is -2.10. The number of benzene rings is 10. The predicted molar refractivity (Wildman–Crippen MR) is 239 cm³/mol. The van der Waals surface area contributed by atoms with Gasteiger partial charge in [0, 0.05) is 33.5 Å².